The molecule has 0 atom stereocenters. The van der Waals surface area contributed by atoms with Crippen LogP contribution in [0.15, 0.2) is 28.7 Å². The summed E-state index contributed by atoms with van der Waals surface area (Å²) in [6.07, 6.45) is 4.59. The number of nitrogens with zero attached hydrogens (tertiary/aromatic N) is 5. The minimum atomic E-state index is -0.399. The highest BCUT2D eigenvalue weighted by atomic mass is 32.1. The Hall–Kier alpha value is -2.88. The van der Waals surface area contributed by atoms with Gasteiger partial charge in [-0.15, -0.1) is 0 Å². The SMILES string of the molecule is C=N/C(=N\OCCNc1nc(C)c(C(=O)OC)s1)c1cnccn1. The van der Waals surface area contributed by atoms with Gasteiger partial charge in [0.25, 0.3) is 0 Å². The molecule has 0 saturated carbocycles. The quantitative estimate of drug-likeness (QED) is 0.265. The molecule has 0 spiro atoms. The maximum Gasteiger partial charge on any atom is 0.350 e. The molecule has 126 valence electrons. The number of oxime groups is 1. The van der Waals surface area contributed by atoms with Crippen LogP contribution in [0.25, 0.3) is 0 Å². The first-order valence-corrected chi connectivity index (χ1v) is 7.70. The highest BCUT2D eigenvalue weighted by molar-refractivity contribution is 7.17. The molecular weight excluding hydrogens is 332 g/mol. The Bertz CT molecular complexity index is 731. The lowest BCUT2D eigenvalue weighted by atomic mass is 10.4. The zero-order valence-electron chi connectivity index (χ0n) is 13.2. The summed E-state index contributed by atoms with van der Waals surface area (Å²) >= 11 is 1.22. The molecule has 0 unspecified atom stereocenters. The molecular formula is C14H16N6O3S. The fourth-order valence-electron chi connectivity index (χ4n) is 1.64. The number of esters is 1. The van der Waals surface area contributed by atoms with Gasteiger partial charge in [0.15, 0.2) is 5.13 Å². The molecule has 2 aromatic heterocycles. The monoisotopic (exact) mass is 348 g/mol. The van der Waals surface area contributed by atoms with Crippen LogP contribution in [0, 0.1) is 6.92 Å². The summed E-state index contributed by atoms with van der Waals surface area (Å²) < 4.78 is 4.69. The van der Waals surface area contributed by atoms with Crippen molar-refractivity contribution in [2.24, 2.45) is 10.1 Å². The Kier molecular flexibility index (Phi) is 6.32. The van der Waals surface area contributed by atoms with E-state index in [1.807, 2.05) is 0 Å². The van der Waals surface area contributed by atoms with Crippen molar-refractivity contribution in [1.29, 1.82) is 0 Å². The van der Waals surface area contributed by atoms with E-state index in [1.165, 1.54) is 30.8 Å². The largest absolute Gasteiger partial charge is 0.465 e. The maximum atomic E-state index is 11.5. The molecule has 1 N–H and O–H groups in total. The molecule has 2 heterocycles. The number of carbonyl (C=O) groups excluding carboxylic acids is 1. The van der Waals surface area contributed by atoms with Gasteiger partial charge in [0.1, 0.15) is 17.2 Å². The minimum absolute atomic E-state index is 0.251. The Morgan fingerprint density at radius 3 is 2.96 bits per heavy atom. The van der Waals surface area contributed by atoms with E-state index in [4.69, 9.17) is 4.84 Å². The predicted octanol–water partition coefficient (Wildman–Crippen LogP) is 1.52. The summed E-state index contributed by atoms with van der Waals surface area (Å²) in [6, 6.07) is 0. The number of carbonyl (C=O) groups is 1. The lowest BCUT2D eigenvalue weighted by Crippen LogP contribution is -2.09. The van der Waals surface area contributed by atoms with Crippen molar-refractivity contribution >= 4 is 35.0 Å². The molecule has 0 saturated heterocycles. The number of amidine groups is 1. The molecule has 0 aliphatic heterocycles. The summed E-state index contributed by atoms with van der Waals surface area (Å²) in [6.45, 7) is 5.89. The van der Waals surface area contributed by atoms with Gasteiger partial charge in [-0.25, -0.2) is 19.8 Å². The average Bonchev–Trinajstić information content (AvgIpc) is 2.99. The minimum Gasteiger partial charge on any atom is -0.465 e. The second kappa shape index (κ2) is 8.67. The third-order valence-electron chi connectivity index (χ3n) is 2.73. The molecule has 0 fully saturated rings. The molecule has 0 aliphatic rings. The van der Waals surface area contributed by atoms with E-state index in [0.717, 1.165) is 0 Å². The molecule has 2 aromatic rings. The second-order valence-corrected chi connectivity index (χ2v) is 5.35. The number of hydrogen-bond acceptors (Lipinski definition) is 9. The number of aryl methyl sites for hydroxylation is 1. The van der Waals surface area contributed by atoms with Crippen molar-refractivity contribution in [3.8, 4) is 0 Å². The fraction of sp³-hybridized carbons (Fsp3) is 0.286. The van der Waals surface area contributed by atoms with Crippen LogP contribution in [0.4, 0.5) is 5.13 Å². The van der Waals surface area contributed by atoms with E-state index < -0.39 is 5.97 Å². The number of rotatable bonds is 7. The lowest BCUT2D eigenvalue weighted by molar-refractivity contribution is 0.0605. The van der Waals surface area contributed by atoms with Crippen LogP contribution >= 0.6 is 11.3 Å². The standard InChI is InChI=1S/C14H16N6O3S/c1-9-11(13(21)22-3)24-14(19-9)18-6-7-23-20-12(15-2)10-8-16-4-5-17-10/h4-5,8H,2,6-7H2,1,3H3,(H,18,19)/b20-12-. The smallest absolute Gasteiger partial charge is 0.350 e. The number of anilines is 1. The summed E-state index contributed by atoms with van der Waals surface area (Å²) in [5.41, 5.74) is 1.09. The first-order valence-electron chi connectivity index (χ1n) is 6.88. The average molecular weight is 348 g/mol. The number of ether oxygens (including phenoxy) is 1. The van der Waals surface area contributed by atoms with Gasteiger partial charge in [-0.3, -0.25) is 4.98 Å². The van der Waals surface area contributed by atoms with Crippen molar-refractivity contribution in [1.82, 2.24) is 15.0 Å². The molecule has 0 radical (unpaired) electrons. The third kappa shape index (κ3) is 4.56. The van der Waals surface area contributed by atoms with Crippen LogP contribution in [0.2, 0.25) is 0 Å². The Morgan fingerprint density at radius 1 is 1.46 bits per heavy atom. The molecule has 0 aromatic carbocycles. The van der Waals surface area contributed by atoms with Crippen LogP contribution in [0.5, 0.6) is 0 Å². The fourth-order valence-corrected chi connectivity index (χ4v) is 2.55. The molecule has 0 amide bonds. The van der Waals surface area contributed by atoms with Gasteiger partial charge in [0.05, 0.1) is 25.5 Å². The molecule has 0 aliphatic carbocycles. The number of methoxy groups -OCH3 is 1. The number of aliphatic imine (C=N–C) groups is 1. The van der Waals surface area contributed by atoms with Crippen LogP contribution in [-0.2, 0) is 9.57 Å². The topological polar surface area (TPSA) is 111 Å². The van der Waals surface area contributed by atoms with Crippen LogP contribution in [0.1, 0.15) is 21.1 Å². The molecule has 9 nitrogen and oxygen atoms in total. The first kappa shape index (κ1) is 17.5. The Labute approximate surface area is 142 Å². The highest BCUT2D eigenvalue weighted by Crippen LogP contribution is 2.22. The molecule has 24 heavy (non-hydrogen) atoms. The van der Waals surface area contributed by atoms with Crippen LogP contribution < -0.4 is 5.32 Å². The first-order chi connectivity index (χ1) is 11.7. The van der Waals surface area contributed by atoms with E-state index in [-0.39, 0.29) is 12.4 Å². The van der Waals surface area contributed by atoms with E-state index >= 15 is 0 Å². The van der Waals surface area contributed by atoms with E-state index in [0.29, 0.717) is 27.9 Å². The molecule has 0 bridgehead atoms. The van der Waals surface area contributed by atoms with Gasteiger partial charge < -0.3 is 14.9 Å². The number of aromatic nitrogens is 3. The van der Waals surface area contributed by atoms with Crippen molar-refractivity contribution in [3.05, 3.63) is 34.9 Å². The van der Waals surface area contributed by atoms with Crippen molar-refractivity contribution in [2.75, 3.05) is 25.6 Å². The highest BCUT2D eigenvalue weighted by Gasteiger charge is 2.15. The lowest BCUT2D eigenvalue weighted by Gasteiger charge is -2.02. The van der Waals surface area contributed by atoms with Gasteiger partial charge in [-0.1, -0.05) is 16.5 Å². The molecule has 2 rings (SSSR count). The van der Waals surface area contributed by atoms with Gasteiger partial charge in [0.2, 0.25) is 5.84 Å². The maximum absolute atomic E-state index is 11.5. The molecule has 10 heteroatoms. The normalized spacial score (nSPS) is 11.0. The Morgan fingerprint density at radius 2 is 2.29 bits per heavy atom. The number of nitrogens with one attached hydrogen (secondary N) is 1. The van der Waals surface area contributed by atoms with Gasteiger partial charge in [-0.2, -0.15) is 0 Å². The summed E-state index contributed by atoms with van der Waals surface area (Å²) in [4.78, 5) is 33.1. The predicted molar refractivity (Wildman–Crippen MR) is 90.8 cm³/mol. The van der Waals surface area contributed by atoms with Crippen LogP contribution in [-0.4, -0.2) is 53.7 Å². The number of thiazole rings is 1. The van der Waals surface area contributed by atoms with E-state index in [9.17, 15) is 4.79 Å². The summed E-state index contributed by atoms with van der Waals surface area (Å²) in [7, 11) is 1.34. The summed E-state index contributed by atoms with van der Waals surface area (Å²) in [5.74, 6) is -0.147. The second-order valence-electron chi connectivity index (χ2n) is 4.35. The van der Waals surface area contributed by atoms with Crippen molar-refractivity contribution in [2.45, 2.75) is 6.92 Å². The number of hydrogen-bond donors (Lipinski definition) is 1. The zero-order valence-corrected chi connectivity index (χ0v) is 14.0. The van der Waals surface area contributed by atoms with Crippen molar-refractivity contribution in [3.63, 3.8) is 0 Å². The van der Waals surface area contributed by atoms with E-state index in [2.05, 4.69) is 41.9 Å². The van der Waals surface area contributed by atoms with Crippen molar-refractivity contribution < 1.29 is 14.4 Å². The Balaban J connectivity index is 1.84. The van der Waals surface area contributed by atoms with Gasteiger partial charge >= 0.3 is 5.97 Å². The zero-order chi connectivity index (χ0) is 17.4. The third-order valence-corrected chi connectivity index (χ3v) is 3.83. The van der Waals surface area contributed by atoms with Gasteiger partial charge in [0, 0.05) is 12.4 Å². The van der Waals surface area contributed by atoms with Gasteiger partial charge in [-0.05, 0) is 13.6 Å². The van der Waals surface area contributed by atoms with E-state index in [1.54, 1.807) is 13.1 Å². The van der Waals surface area contributed by atoms with Crippen LogP contribution in [0.3, 0.4) is 0 Å². The summed E-state index contributed by atoms with van der Waals surface area (Å²) in [5, 5.41) is 7.52.